The highest BCUT2D eigenvalue weighted by molar-refractivity contribution is 6.08. The van der Waals surface area contributed by atoms with Crippen molar-refractivity contribution in [2.45, 2.75) is 18.5 Å². The fourth-order valence-electron chi connectivity index (χ4n) is 3.11. The molecular weight excluding hydrogens is 403 g/mol. The summed E-state index contributed by atoms with van der Waals surface area (Å²) in [6, 6.07) is 2.86. The maximum atomic E-state index is 13.7. The lowest BCUT2D eigenvalue weighted by atomic mass is 9.89. The average Bonchev–Trinajstić information content (AvgIpc) is 2.55. The molecule has 3 aromatic rings. The molecule has 0 radical (unpaired) electrons. The van der Waals surface area contributed by atoms with Gasteiger partial charge in [0, 0.05) is 5.56 Å². The van der Waals surface area contributed by atoms with Crippen molar-refractivity contribution in [2.24, 2.45) is 0 Å². The fourth-order valence-corrected chi connectivity index (χ4v) is 3.11. The second-order valence-electron chi connectivity index (χ2n) is 5.93. The predicted molar refractivity (Wildman–Crippen MR) is 81.8 cm³/mol. The van der Waals surface area contributed by atoms with Crippen molar-refractivity contribution >= 4 is 27.8 Å². The van der Waals surface area contributed by atoms with E-state index in [1.807, 2.05) is 0 Å². The number of halogens is 9. The Morgan fingerprint density at radius 3 is 1.46 bits per heavy atom. The lowest BCUT2D eigenvalue weighted by Crippen LogP contribution is -2.14. The van der Waals surface area contributed by atoms with Crippen LogP contribution in [0.3, 0.4) is 0 Å². The molecule has 1 nitrogen and oxygen atoms in total. The maximum absolute atomic E-state index is 13.7. The van der Waals surface area contributed by atoms with Crippen molar-refractivity contribution in [1.29, 1.82) is 0 Å². The highest BCUT2D eigenvalue weighted by Crippen LogP contribution is 2.48. The molecule has 10 heteroatoms. The summed E-state index contributed by atoms with van der Waals surface area (Å²) < 4.78 is 121. The molecule has 0 saturated carbocycles. The topological polar surface area (TPSA) is 17.1 Å². The van der Waals surface area contributed by atoms with Gasteiger partial charge in [0.15, 0.2) is 0 Å². The van der Waals surface area contributed by atoms with Crippen molar-refractivity contribution in [3.05, 3.63) is 58.7 Å². The summed E-state index contributed by atoms with van der Waals surface area (Å²) in [5.74, 6) is 0. The first kappa shape index (κ1) is 20.0. The number of alkyl halides is 9. The summed E-state index contributed by atoms with van der Waals surface area (Å²) in [6.07, 6.45) is -15.3. The Bertz CT molecular complexity index is 1090. The molecule has 0 aliphatic rings. The summed E-state index contributed by atoms with van der Waals surface area (Å²) in [5, 5.41) is -4.13. The van der Waals surface area contributed by atoms with E-state index in [1.165, 1.54) is 0 Å². The molecule has 0 N–H and O–H groups in total. The second-order valence-corrected chi connectivity index (χ2v) is 5.93. The van der Waals surface area contributed by atoms with Gasteiger partial charge in [-0.1, -0.05) is 18.2 Å². The van der Waals surface area contributed by atoms with Crippen LogP contribution >= 0.6 is 0 Å². The number of rotatable bonds is 1. The van der Waals surface area contributed by atoms with E-state index < -0.39 is 56.8 Å². The third kappa shape index (κ3) is 3.27. The monoisotopic (exact) mass is 410 g/mol. The Labute approximate surface area is 150 Å². The minimum atomic E-state index is -5.24. The molecule has 0 aromatic heterocycles. The molecule has 148 valence electrons. The predicted octanol–water partition coefficient (Wildman–Crippen LogP) is 6.86. The lowest BCUT2D eigenvalue weighted by molar-refractivity contribution is -0.139. The first-order valence-corrected chi connectivity index (χ1v) is 7.45. The zero-order valence-corrected chi connectivity index (χ0v) is 13.4. The fraction of sp³-hybridized carbons (Fsp3) is 0.167. The van der Waals surface area contributed by atoms with E-state index in [4.69, 9.17) is 0 Å². The van der Waals surface area contributed by atoms with Crippen LogP contribution in [0, 0.1) is 0 Å². The van der Waals surface area contributed by atoms with Crippen LogP contribution in [0.2, 0.25) is 0 Å². The van der Waals surface area contributed by atoms with E-state index in [9.17, 15) is 44.3 Å². The molecule has 0 aliphatic heterocycles. The summed E-state index contributed by atoms with van der Waals surface area (Å²) in [5.41, 5.74) is -4.99. The molecule has 0 unspecified atom stereocenters. The molecule has 3 rings (SSSR count). The lowest BCUT2D eigenvalue weighted by Gasteiger charge is -2.21. The van der Waals surface area contributed by atoms with Crippen molar-refractivity contribution in [3.8, 4) is 0 Å². The zero-order chi connectivity index (χ0) is 21.1. The van der Waals surface area contributed by atoms with Crippen LogP contribution in [0.4, 0.5) is 39.5 Å². The normalized spacial score (nSPS) is 13.3. The smallest absolute Gasteiger partial charge is 0.298 e. The number of fused-ring (bicyclic) bond motifs is 2. The molecule has 0 fully saturated rings. The number of hydrogen-bond donors (Lipinski definition) is 0. The number of hydrogen-bond acceptors (Lipinski definition) is 1. The molecular formula is C18H7F9O. The Morgan fingerprint density at radius 1 is 0.571 bits per heavy atom. The first-order valence-electron chi connectivity index (χ1n) is 7.45. The molecule has 28 heavy (non-hydrogen) atoms. The van der Waals surface area contributed by atoms with E-state index >= 15 is 0 Å². The maximum Gasteiger partial charge on any atom is 0.417 e. The molecule has 0 saturated heterocycles. The highest BCUT2D eigenvalue weighted by atomic mass is 19.4. The number of carbonyl (C=O) groups is 1. The van der Waals surface area contributed by atoms with Gasteiger partial charge in [-0.2, -0.15) is 39.5 Å². The van der Waals surface area contributed by atoms with E-state index in [0.717, 1.165) is 6.07 Å². The SMILES string of the molecule is O=Cc1ccc2c(C(F)(F)F)c3cc(C(F)(F)F)ccc3c(C(F)(F)F)c2c1. The quantitative estimate of drug-likeness (QED) is 0.243. The van der Waals surface area contributed by atoms with Gasteiger partial charge in [-0.05, 0) is 39.7 Å². The van der Waals surface area contributed by atoms with Crippen LogP contribution in [0.25, 0.3) is 21.5 Å². The third-order valence-corrected chi connectivity index (χ3v) is 4.17. The highest BCUT2D eigenvalue weighted by Gasteiger charge is 2.42. The summed E-state index contributed by atoms with van der Waals surface area (Å²) >= 11 is 0. The Kier molecular flexibility index (Phi) is 4.36. The minimum Gasteiger partial charge on any atom is -0.298 e. The van der Waals surface area contributed by atoms with Crippen LogP contribution in [-0.2, 0) is 18.5 Å². The van der Waals surface area contributed by atoms with E-state index in [0.29, 0.717) is 18.2 Å². The van der Waals surface area contributed by atoms with Gasteiger partial charge in [0.05, 0.1) is 16.7 Å². The Balaban J connectivity index is 2.66. The van der Waals surface area contributed by atoms with Crippen LogP contribution in [0.1, 0.15) is 27.0 Å². The van der Waals surface area contributed by atoms with Crippen LogP contribution in [0.15, 0.2) is 36.4 Å². The van der Waals surface area contributed by atoms with Gasteiger partial charge in [0.1, 0.15) is 6.29 Å². The van der Waals surface area contributed by atoms with Gasteiger partial charge in [0.25, 0.3) is 0 Å². The van der Waals surface area contributed by atoms with E-state index in [2.05, 4.69) is 0 Å². The standard InChI is InChI=1S/C18H7F9O/c19-16(20,21)9-2-4-11-13(6-9)15(18(25,26)27)10-3-1-8(7-28)5-12(10)14(11)17(22,23)24/h1-7H. The molecule has 0 spiro atoms. The molecule has 0 amide bonds. The zero-order valence-electron chi connectivity index (χ0n) is 13.4. The van der Waals surface area contributed by atoms with Crippen molar-refractivity contribution < 1.29 is 44.3 Å². The number of aldehydes is 1. The van der Waals surface area contributed by atoms with Crippen LogP contribution in [-0.4, -0.2) is 6.29 Å². The number of carbonyl (C=O) groups excluding carboxylic acids is 1. The van der Waals surface area contributed by atoms with E-state index in [1.54, 1.807) is 0 Å². The van der Waals surface area contributed by atoms with Crippen LogP contribution < -0.4 is 0 Å². The molecule has 0 heterocycles. The van der Waals surface area contributed by atoms with E-state index in [-0.39, 0.29) is 24.0 Å². The molecule has 0 bridgehead atoms. The summed E-state index contributed by atoms with van der Waals surface area (Å²) in [6.45, 7) is 0. The number of benzene rings is 3. The van der Waals surface area contributed by atoms with Gasteiger partial charge in [-0.15, -0.1) is 0 Å². The summed E-state index contributed by atoms with van der Waals surface area (Å²) in [4.78, 5) is 10.9. The van der Waals surface area contributed by atoms with Crippen molar-refractivity contribution in [1.82, 2.24) is 0 Å². The molecule has 0 aliphatic carbocycles. The van der Waals surface area contributed by atoms with Crippen LogP contribution in [0.5, 0.6) is 0 Å². The summed E-state index contributed by atoms with van der Waals surface area (Å²) in [7, 11) is 0. The average molecular weight is 410 g/mol. The second kappa shape index (κ2) is 6.11. The molecule has 0 atom stereocenters. The van der Waals surface area contributed by atoms with Gasteiger partial charge in [0.2, 0.25) is 0 Å². The minimum absolute atomic E-state index is 0.0560. The van der Waals surface area contributed by atoms with Gasteiger partial charge < -0.3 is 0 Å². The third-order valence-electron chi connectivity index (χ3n) is 4.17. The first-order chi connectivity index (χ1) is 12.7. The van der Waals surface area contributed by atoms with Gasteiger partial charge in [-0.25, -0.2) is 0 Å². The van der Waals surface area contributed by atoms with Crippen molar-refractivity contribution in [2.75, 3.05) is 0 Å². The Hall–Kier alpha value is -2.78. The van der Waals surface area contributed by atoms with Crippen molar-refractivity contribution in [3.63, 3.8) is 0 Å². The van der Waals surface area contributed by atoms with Gasteiger partial charge >= 0.3 is 18.5 Å². The Morgan fingerprint density at radius 2 is 1.04 bits per heavy atom. The largest absolute Gasteiger partial charge is 0.417 e. The molecule has 3 aromatic carbocycles. The van der Waals surface area contributed by atoms with Gasteiger partial charge in [-0.3, -0.25) is 4.79 Å².